The highest BCUT2D eigenvalue weighted by Crippen LogP contribution is 2.67. The summed E-state index contributed by atoms with van der Waals surface area (Å²) in [6, 6.07) is 0. The van der Waals surface area contributed by atoms with E-state index in [9.17, 15) is 9.90 Å². The number of carbonyl (C=O) groups is 1. The summed E-state index contributed by atoms with van der Waals surface area (Å²) in [4.78, 5) is 11.8. The van der Waals surface area contributed by atoms with E-state index in [1.165, 1.54) is 5.57 Å². The molecule has 1 N–H and O–H groups in total. The van der Waals surface area contributed by atoms with Crippen LogP contribution in [0.3, 0.4) is 0 Å². The monoisotopic (exact) mass is 324 g/mol. The van der Waals surface area contributed by atoms with Crippen LogP contribution in [0, 0.1) is 41.4 Å². The Morgan fingerprint density at radius 1 is 1.33 bits per heavy atom. The van der Waals surface area contributed by atoms with Crippen LogP contribution in [0.4, 0.5) is 0 Å². The van der Waals surface area contributed by atoms with E-state index in [1.54, 1.807) is 0 Å². The minimum absolute atomic E-state index is 0.189. The van der Waals surface area contributed by atoms with Crippen LogP contribution in [0.1, 0.15) is 58.3 Å². The summed E-state index contributed by atoms with van der Waals surface area (Å²) in [5.74, 6) is 5.37. The van der Waals surface area contributed by atoms with Crippen LogP contribution in [0.25, 0.3) is 0 Å². The van der Waals surface area contributed by atoms with Gasteiger partial charge in [0.1, 0.15) is 0 Å². The van der Waals surface area contributed by atoms with Crippen LogP contribution >= 0.6 is 0 Å². The molecule has 5 unspecified atom stereocenters. The van der Waals surface area contributed by atoms with E-state index in [0.717, 1.165) is 50.5 Å². The Morgan fingerprint density at radius 3 is 2.83 bits per heavy atom. The molecule has 0 spiro atoms. The zero-order valence-corrected chi connectivity index (χ0v) is 14.7. The van der Waals surface area contributed by atoms with Gasteiger partial charge in [0.15, 0.2) is 11.4 Å². The van der Waals surface area contributed by atoms with Crippen molar-refractivity contribution >= 4 is 5.78 Å². The second kappa shape index (κ2) is 5.33. The number of fused-ring (bicyclic) bond motifs is 5. The van der Waals surface area contributed by atoms with Crippen molar-refractivity contribution in [2.75, 3.05) is 0 Å². The molecule has 0 aliphatic heterocycles. The fourth-order valence-corrected chi connectivity index (χ4v) is 6.90. The fraction of sp³-hybridized carbons (Fsp3) is 0.682. The molecule has 0 bridgehead atoms. The topological polar surface area (TPSA) is 37.3 Å². The first-order valence-electron chi connectivity index (χ1n) is 9.58. The molecule has 128 valence electrons. The molecule has 3 fully saturated rings. The van der Waals surface area contributed by atoms with E-state index in [4.69, 9.17) is 6.42 Å². The van der Waals surface area contributed by atoms with Crippen molar-refractivity contribution in [3.05, 3.63) is 23.8 Å². The van der Waals surface area contributed by atoms with Crippen molar-refractivity contribution in [3.8, 4) is 12.3 Å². The highest BCUT2D eigenvalue weighted by Gasteiger charge is 2.64. The average Bonchev–Trinajstić information content (AvgIpc) is 2.83. The highest BCUT2D eigenvalue weighted by molar-refractivity contribution is 5.91. The largest absolute Gasteiger partial charge is 0.373 e. The number of rotatable bonds is 1. The first kappa shape index (κ1) is 16.2. The lowest BCUT2D eigenvalue weighted by molar-refractivity contribution is -0.116. The van der Waals surface area contributed by atoms with Gasteiger partial charge >= 0.3 is 0 Å². The van der Waals surface area contributed by atoms with Crippen LogP contribution in [-0.2, 0) is 4.79 Å². The molecular weight excluding hydrogens is 296 g/mol. The van der Waals surface area contributed by atoms with Crippen molar-refractivity contribution in [1.29, 1.82) is 0 Å². The van der Waals surface area contributed by atoms with Crippen molar-refractivity contribution in [2.24, 2.45) is 29.1 Å². The van der Waals surface area contributed by atoms with E-state index in [0.29, 0.717) is 35.9 Å². The zero-order valence-electron chi connectivity index (χ0n) is 14.7. The molecule has 6 atom stereocenters. The number of allylic oxidation sites excluding steroid dienone is 1. The lowest BCUT2D eigenvalue weighted by Gasteiger charge is -2.55. The van der Waals surface area contributed by atoms with Crippen molar-refractivity contribution in [2.45, 2.75) is 63.9 Å². The van der Waals surface area contributed by atoms with Crippen molar-refractivity contribution in [3.63, 3.8) is 0 Å². The predicted octanol–water partition coefficient (Wildman–Crippen LogP) is 4.05. The molecule has 0 radical (unpaired) electrons. The van der Waals surface area contributed by atoms with Crippen LogP contribution < -0.4 is 0 Å². The van der Waals surface area contributed by atoms with Gasteiger partial charge in [-0.2, -0.15) is 0 Å². The van der Waals surface area contributed by atoms with Gasteiger partial charge in [-0.3, -0.25) is 4.79 Å². The van der Waals surface area contributed by atoms with Crippen LogP contribution in [-0.4, -0.2) is 16.5 Å². The molecule has 2 heteroatoms. The standard InChI is InChI=1S/C22H28O2/c1-4-21-11-10-18-17-9-7-16(23)13-15(17)6-8-19(18)20(21)12-14(3)22(21,24)5-2/h2,13,17-20,24H,3-4,6-12H2,1H3/t17?,18?,19?,20?,21?,22-/m0/s1. The maximum Gasteiger partial charge on any atom is 0.155 e. The van der Waals surface area contributed by atoms with Gasteiger partial charge in [-0.25, -0.2) is 0 Å². The Morgan fingerprint density at radius 2 is 2.12 bits per heavy atom. The summed E-state index contributed by atoms with van der Waals surface area (Å²) in [5.41, 5.74) is 0.944. The number of hydrogen-bond donors (Lipinski definition) is 1. The van der Waals surface area contributed by atoms with Crippen molar-refractivity contribution in [1.82, 2.24) is 0 Å². The van der Waals surface area contributed by atoms with E-state index in [2.05, 4.69) is 19.4 Å². The van der Waals surface area contributed by atoms with Gasteiger partial charge < -0.3 is 5.11 Å². The lowest BCUT2D eigenvalue weighted by Crippen LogP contribution is -2.53. The molecule has 24 heavy (non-hydrogen) atoms. The molecule has 4 rings (SSSR count). The smallest absolute Gasteiger partial charge is 0.155 e. The molecule has 0 aromatic heterocycles. The maximum atomic E-state index is 11.8. The lowest BCUT2D eigenvalue weighted by atomic mass is 9.49. The molecule has 4 aliphatic rings. The first-order valence-corrected chi connectivity index (χ1v) is 9.58. The molecular formula is C22H28O2. The maximum absolute atomic E-state index is 11.8. The summed E-state index contributed by atoms with van der Waals surface area (Å²) >= 11 is 0. The van der Waals surface area contributed by atoms with Crippen LogP contribution in [0.15, 0.2) is 23.8 Å². The molecule has 0 saturated heterocycles. The molecule has 0 aromatic carbocycles. The number of hydrogen-bond acceptors (Lipinski definition) is 2. The highest BCUT2D eigenvalue weighted by atomic mass is 16.3. The Balaban J connectivity index is 1.71. The van der Waals surface area contributed by atoms with Gasteiger partial charge in [0.05, 0.1) is 0 Å². The predicted molar refractivity (Wildman–Crippen MR) is 95.0 cm³/mol. The van der Waals surface area contributed by atoms with Crippen LogP contribution in [0.2, 0.25) is 0 Å². The minimum atomic E-state index is -1.13. The summed E-state index contributed by atoms with van der Waals surface area (Å²) in [6.45, 7) is 6.36. The normalized spacial score (nSPS) is 47.3. The Hall–Kier alpha value is -1.33. The number of ketones is 1. The van der Waals surface area contributed by atoms with Gasteiger partial charge in [0.25, 0.3) is 0 Å². The number of aliphatic hydroxyl groups is 1. The third kappa shape index (κ3) is 1.85. The van der Waals surface area contributed by atoms with E-state index >= 15 is 0 Å². The Labute approximate surface area is 145 Å². The molecule has 0 heterocycles. The average molecular weight is 324 g/mol. The second-order valence-electron chi connectivity index (χ2n) is 8.51. The number of carbonyl (C=O) groups excluding carboxylic acids is 1. The molecule has 0 aromatic rings. The molecule has 0 amide bonds. The third-order valence-electron chi connectivity index (χ3n) is 8.05. The van der Waals surface area contributed by atoms with Crippen LogP contribution in [0.5, 0.6) is 0 Å². The third-order valence-corrected chi connectivity index (χ3v) is 8.05. The Bertz CT molecular complexity index is 666. The van der Waals surface area contributed by atoms with Gasteiger partial charge in [-0.15, -0.1) is 6.42 Å². The first-order chi connectivity index (χ1) is 11.5. The summed E-state index contributed by atoms with van der Waals surface area (Å²) in [5, 5.41) is 11.3. The molecule has 3 saturated carbocycles. The molecule has 2 nitrogen and oxygen atoms in total. The van der Waals surface area contributed by atoms with Gasteiger partial charge in [-0.1, -0.05) is 25.0 Å². The van der Waals surface area contributed by atoms with Gasteiger partial charge in [-0.05, 0) is 80.3 Å². The zero-order chi connectivity index (χ0) is 17.1. The molecule has 4 aliphatic carbocycles. The summed E-state index contributed by atoms with van der Waals surface area (Å²) in [7, 11) is 0. The Kier molecular flexibility index (Phi) is 3.59. The van der Waals surface area contributed by atoms with E-state index in [-0.39, 0.29) is 5.41 Å². The number of terminal acetylenes is 1. The SMILES string of the molecule is C#C[C@]1(O)C(=C)CC2C3CCC4=CC(=O)CCC4C3CCC21CC. The van der Waals surface area contributed by atoms with Gasteiger partial charge in [0.2, 0.25) is 0 Å². The second-order valence-corrected chi connectivity index (χ2v) is 8.51. The fourth-order valence-electron chi connectivity index (χ4n) is 6.90. The van der Waals surface area contributed by atoms with E-state index < -0.39 is 5.60 Å². The van der Waals surface area contributed by atoms with Gasteiger partial charge in [0, 0.05) is 11.8 Å². The minimum Gasteiger partial charge on any atom is -0.373 e. The quantitative estimate of drug-likeness (QED) is 0.583. The van der Waals surface area contributed by atoms with Crippen molar-refractivity contribution < 1.29 is 9.90 Å². The summed E-state index contributed by atoms with van der Waals surface area (Å²) < 4.78 is 0. The summed E-state index contributed by atoms with van der Waals surface area (Å²) in [6.07, 6.45) is 15.6. The van der Waals surface area contributed by atoms with E-state index in [1.807, 2.05) is 6.08 Å².